The molecule has 0 aromatic heterocycles. The number of carbonyl (C=O) groups excluding carboxylic acids is 1. The molecule has 0 amide bonds. The van der Waals surface area contributed by atoms with Gasteiger partial charge in [-0.3, -0.25) is 4.79 Å². The molecule has 10 aromatic carbocycles. The number of carbonyl (C=O) groups is 1. The number of anilines is 11. The second kappa shape index (κ2) is 18.6. The van der Waals surface area contributed by atoms with Gasteiger partial charge in [-0.25, -0.2) is 0 Å². The molecular formula is C68H46N4O6. The molecule has 0 atom stereocenters. The van der Waals surface area contributed by atoms with E-state index in [-0.39, 0.29) is 0 Å². The summed E-state index contributed by atoms with van der Waals surface area (Å²) in [6.45, 7) is 10.3. The van der Waals surface area contributed by atoms with Crippen LogP contribution in [0.25, 0.3) is 11.1 Å². The van der Waals surface area contributed by atoms with E-state index in [2.05, 4.69) is 112 Å². The molecule has 0 spiro atoms. The van der Waals surface area contributed by atoms with Gasteiger partial charge in [0.2, 0.25) is 0 Å². The second-order valence-corrected chi connectivity index (χ2v) is 19.1. The number of aryl methyl sites for hydroxylation is 1. The number of ether oxygens (including phenoxy) is 5. The van der Waals surface area contributed by atoms with Gasteiger partial charge in [0, 0.05) is 23.5 Å². The van der Waals surface area contributed by atoms with Crippen molar-refractivity contribution in [3.63, 3.8) is 0 Å². The molecule has 14 rings (SSSR count). The summed E-state index contributed by atoms with van der Waals surface area (Å²) >= 11 is 0. The van der Waals surface area contributed by atoms with E-state index in [0.717, 1.165) is 103 Å². The Bertz CT molecular complexity index is 4120. The Labute approximate surface area is 451 Å². The fourth-order valence-corrected chi connectivity index (χ4v) is 10.7. The van der Waals surface area contributed by atoms with E-state index in [4.69, 9.17) is 23.7 Å². The van der Waals surface area contributed by atoms with Crippen LogP contribution in [0.1, 0.15) is 15.9 Å². The lowest BCUT2D eigenvalue weighted by Gasteiger charge is -2.38. The Kier molecular flexibility index (Phi) is 10.9. The van der Waals surface area contributed by atoms with E-state index >= 15 is 0 Å². The Morgan fingerprint density at radius 1 is 0.397 bits per heavy atom. The summed E-state index contributed by atoms with van der Waals surface area (Å²) in [7, 11) is 0. The van der Waals surface area contributed by atoms with Gasteiger partial charge in [0.1, 0.15) is 17.3 Å². The molecule has 4 aliphatic rings. The summed E-state index contributed by atoms with van der Waals surface area (Å²) < 4.78 is 33.0. The third-order valence-corrected chi connectivity index (χ3v) is 14.3. The number of fused-ring (bicyclic) bond motifs is 7. The van der Waals surface area contributed by atoms with Crippen LogP contribution in [0, 0.1) is 6.92 Å². The average Bonchev–Trinajstić information content (AvgIpc) is 3.49. The minimum atomic E-state index is 0.431. The maximum absolute atomic E-state index is 12.7. The maximum atomic E-state index is 12.7. The largest absolute Gasteiger partial charge is 0.456 e. The molecule has 4 heterocycles. The molecular weight excluding hydrogens is 969 g/mol. The average molecular weight is 1020 g/mol. The highest BCUT2D eigenvalue weighted by molar-refractivity contribution is 5.96. The van der Waals surface area contributed by atoms with Gasteiger partial charge in [0.05, 0.1) is 62.4 Å². The van der Waals surface area contributed by atoms with E-state index in [0.29, 0.717) is 51.6 Å². The highest BCUT2D eigenvalue weighted by atomic mass is 16.5. The molecule has 0 aliphatic carbocycles. The van der Waals surface area contributed by atoms with Gasteiger partial charge < -0.3 is 43.3 Å². The van der Waals surface area contributed by atoms with Crippen LogP contribution in [0.4, 0.5) is 62.6 Å². The molecule has 0 saturated heterocycles. The lowest BCUT2D eigenvalue weighted by atomic mass is 9.99. The molecule has 0 saturated carbocycles. The quantitative estimate of drug-likeness (QED) is 0.131. The van der Waals surface area contributed by atoms with Crippen LogP contribution in [0.5, 0.6) is 51.7 Å². The van der Waals surface area contributed by atoms with Crippen LogP contribution in [-0.2, 0) is 0 Å². The van der Waals surface area contributed by atoms with Crippen LogP contribution in [-0.4, -0.2) is 6.29 Å². The summed E-state index contributed by atoms with van der Waals surface area (Å²) in [6.07, 6.45) is 4.47. The first-order chi connectivity index (χ1) is 38.4. The molecule has 10 aromatic rings. The molecule has 4 aliphatic heterocycles. The first-order valence-corrected chi connectivity index (χ1v) is 25.5. The lowest BCUT2D eigenvalue weighted by molar-refractivity contribution is 0.112. The van der Waals surface area contributed by atoms with Gasteiger partial charge in [0.15, 0.2) is 46.5 Å². The lowest BCUT2D eigenvalue weighted by Crippen LogP contribution is -2.25. The van der Waals surface area contributed by atoms with Crippen molar-refractivity contribution in [2.45, 2.75) is 6.92 Å². The Morgan fingerprint density at radius 3 is 1.35 bits per heavy atom. The van der Waals surface area contributed by atoms with Crippen LogP contribution in [0.15, 0.2) is 255 Å². The summed E-state index contributed by atoms with van der Waals surface area (Å²) in [6, 6.07) is 72.8. The van der Waals surface area contributed by atoms with E-state index < -0.39 is 0 Å². The Hall–Kier alpha value is -10.7. The Balaban J connectivity index is 0.965. The standard InChI is InChI=1S/C68H46N4O6/c1-4-17-52-44(3)74-61-25-12-6-19-53(61)69(52)48-32-34-58-67(40-48)77-64-28-15-9-22-56(64)71(58)50-36-47(45-30-31-46(42-73)66(38-45)75-60-24-11-5-18-43(60)2)37-51(39-50)72-57-23-10-16-29-65(57)78-68-41-49(33-35-59(68)72)70-54-20-7-13-26-62(54)76-63-27-14-8-21-55(63)70/h4-42H,1,3H2,2H3/b52-17+. The number of para-hydroxylation sites is 11. The normalized spacial score (nSPS) is 13.9. The van der Waals surface area contributed by atoms with Gasteiger partial charge in [-0.1, -0.05) is 104 Å². The number of hydrogen-bond donors (Lipinski definition) is 0. The van der Waals surface area contributed by atoms with Crippen molar-refractivity contribution in [1.29, 1.82) is 0 Å². The third kappa shape index (κ3) is 7.69. The molecule has 10 nitrogen and oxygen atoms in total. The topological polar surface area (TPSA) is 76.2 Å². The number of hydrogen-bond acceptors (Lipinski definition) is 10. The van der Waals surface area contributed by atoms with E-state index in [1.807, 2.05) is 153 Å². The predicted octanol–water partition coefficient (Wildman–Crippen LogP) is 19.1. The van der Waals surface area contributed by atoms with Crippen molar-refractivity contribution in [2.75, 3.05) is 19.6 Å². The summed E-state index contributed by atoms with van der Waals surface area (Å²) in [5, 5.41) is 0. The van der Waals surface area contributed by atoms with Crippen LogP contribution < -0.4 is 43.3 Å². The Morgan fingerprint density at radius 2 is 0.833 bits per heavy atom. The summed E-state index contributed by atoms with van der Waals surface area (Å²) in [5.74, 6) is 6.46. The fraction of sp³-hybridized carbons (Fsp3) is 0.0147. The van der Waals surface area contributed by atoms with Gasteiger partial charge in [-0.2, -0.15) is 0 Å². The van der Waals surface area contributed by atoms with Gasteiger partial charge >= 0.3 is 0 Å². The molecule has 0 unspecified atom stereocenters. The molecule has 10 heteroatoms. The zero-order valence-corrected chi connectivity index (χ0v) is 42.2. The van der Waals surface area contributed by atoms with Crippen LogP contribution >= 0.6 is 0 Å². The zero-order valence-electron chi connectivity index (χ0n) is 42.2. The predicted molar refractivity (Wildman–Crippen MR) is 309 cm³/mol. The smallest absolute Gasteiger partial charge is 0.153 e. The molecule has 0 fully saturated rings. The number of allylic oxidation sites excluding steroid dienone is 2. The third-order valence-electron chi connectivity index (χ3n) is 14.3. The molecule has 374 valence electrons. The molecule has 0 bridgehead atoms. The second-order valence-electron chi connectivity index (χ2n) is 19.1. The van der Waals surface area contributed by atoms with Crippen molar-refractivity contribution in [3.8, 4) is 62.9 Å². The minimum absolute atomic E-state index is 0.431. The monoisotopic (exact) mass is 1010 g/mol. The number of nitrogens with zero attached hydrogens (tertiary/aromatic N) is 4. The molecule has 78 heavy (non-hydrogen) atoms. The highest BCUT2D eigenvalue weighted by Crippen LogP contribution is 2.58. The maximum Gasteiger partial charge on any atom is 0.153 e. The summed E-state index contributed by atoms with van der Waals surface area (Å²) in [4.78, 5) is 21.5. The van der Waals surface area contributed by atoms with Crippen molar-refractivity contribution in [3.05, 3.63) is 266 Å². The number of aldehydes is 1. The minimum Gasteiger partial charge on any atom is -0.456 e. The van der Waals surface area contributed by atoms with E-state index in [1.54, 1.807) is 6.08 Å². The molecule has 0 N–H and O–H groups in total. The number of rotatable bonds is 9. The number of benzene rings is 10. The van der Waals surface area contributed by atoms with Crippen LogP contribution in [0.3, 0.4) is 0 Å². The van der Waals surface area contributed by atoms with Gasteiger partial charge in [-0.15, -0.1) is 0 Å². The SMILES string of the molecule is C=C/C=C1\C(=C)Oc2ccccc2N1c1ccc2c(c1)Oc1ccccc1N2c1cc(-c2ccc(C=O)c(Oc3ccccc3C)c2)cc(N2c3ccccc3Oc3cc(N4c5ccccc5Oc5ccccc54)ccc32)c1. The van der Waals surface area contributed by atoms with Crippen molar-refractivity contribution in [2.24, 2.45) is 0 Å². The fourth-order valence-electron chi connectivity index (χ4n) is 10.7. The first-order valence-electron chi connectivity index (χ1n) is 25.5. The van der Waals surface area contributed by atoms with Crippen molar-refractivity contribution in [1.82, 2.24) is 0 Å². The van der Waals surface area contributed by atoms with Crippen LogP contribution in [0.2, 0.25) is 0 Å². The van der Waals surface area contributed by atoms with E-state index in [9.17, 15) is 4.79 Å². The molecule has 0 radical (unpaired) electrons. The van der Waals surface area contributed by atoms with Crippen molar-refractivity contribution >= 4 is 68.8 Å². The van der Waals surface area contributed by atoms with Gasteiger partial charge in [0.25, 0.3) is 0 Å². The summed E-state index contributed by atoms with van der Waals surface area (Å²) in [5.41, 5.74) is 13.3. The zero-order chi connectivity index (χ0) is 52.4. The van der Waals surface area contributed by atoms with E-state index in [1.165, 1.54) is 0 Å². The van der Waals surface area contributed by atoms with Crippen molar-refractivity contribution < 1.29 is 28.5 Å². The van der Waals surface area contributed by atoms with Gasteiger partial charge in [-0.05, 0) is 151 Å². The first kappa shape index (κ1) is 45.9. The highest BCUT2D eigenvalue weighted by Gasteiger charge is 2.34.